The maximum Gasteiger partial charge on any atom is 0.0138 e. The highest BCUT2D eigenvalue weighted by atomic mass is 15.2. The zero-order valence-electron chi connectivity index (χ0n) is 13.9. The van der Waals surface area contributed by atoms with Crippen LogP contribution in [0.2, 0.25) is 0 Å². The van der Waals surface area contributed by atoms with Crippen molar-refractivity contribution in [2.24, 2.45) is 11.7 Å². The van der Waals surface area contributed by atoms with Crippen LogP contribution in [0.3, 0.4) is 0 Å². The zero-order chi connectivity index (χ0) is 14.5. The van der Waals surface area contributed by atoms with Gasteiger partial charge in [0.15, 0.2) is 0 Å². The Bertz CT molecular complexity index is 271. The molecular weight excluding hydrogens is 246 g/mol. The molecule has 0 radical (unpaired) electrons. The van der Waals surface area contributed by atoms with Crippen LogP contribution >= 0.6 is 0 Å². The molecule has 2 N–H and O–H groups in total. The van der Waals surface area contributed by atoms with E-state index in [0.29, 0.717) is 6.04 Å². The van der Waals surface area contributed by atoms with Crippen LogP contribution in [0.4, 0.5) is 0 Å². The molecule has 0 aromatic rings. The van der Waals surface area contributed by atoms with Gasteiger partial charge in [0.05, 0.1) is 0 Å². The molecule has 0 aromatic heterocycles. The van der Waals surface area contributed by atoms with Crippen molar-refractivity contribution < 1.29 is 0 Å². The number of nitrogens with two attached hydrogens (primary N) is 1. The van der Waals surface area contributed by atoms with Crippen LogP contribution in [0.25, 0.3) is 0 Å². The quantitative estimate of drug-likeness (QED) is 0.841. The standard InChI is InChI=1S/C17H35N3/c1-4-20(17-8-6-5-7-15(17)13-18)16-9-11-19(12-10-16)14(2)3/h14-17H,4-13,18H2,1-3H3. The van der Waals surface area contributed by atoms with Gasteiger partial charge in [-0.05, 0) is 71.6 Å². The van der Waals surface area contributed by atoms with E-state index in [0.717, 1.165) is 24.5 Å². The van der Waals surface area contributed by atoms with E-state index in [1.54, 1.807) is 0 Å². The molecule has 20 heavy (non-hydrogen) atoms. The zero-order valence-corrected chi connectivity index (χ0v) is 13.9. The smallest absolute Gasteiger partial charge is 0.0138 e. The first-order chi connectivity index (χ1) is 9.67. The molecule has 2 fully saturated rings. The van der Waals surface area contributed by atoms with Gasteiger partial charge in [0, 0.05) is 18.1 Å². The summed E-state index contributed by atoms with van der Waals surface area (Å²) in [6.07, 6.45) is 8.21. The summed E-state index contributed by atoms with van der Waals surface area (Å²) in [6, 6.07) is 2.26. The number of hydrogen-bond donors (Lipinski definition) is 1. The van der Waals surface area contributed by atoms with Gasteiger partial charge in [-0.15, -0.1) is 0 Å². The Balaban J connectivity index is 1.94. The molecule has 118 valence electrons. The molecule has 0 bridgehead atoms. The molecule has 2 unspecified atom stereocenters. The first kappa shape index (κ1) is 16.3. The van der Waals surface area contributed by atoms with Crippen LogP contribution in [-0.2, 0) is 0 Å². The van der Waals surface area contributed by atoms with E-state index in [4.69, 9.17) is 5.73 Å². The SMILES string of the molecule is CCN(C1CCN(C(C)C)CC1)C1CCCCC1CN. The van der Waals surface area contributed by atoms with Crippen LogP contribution in [0.1, 0.15) is 59.3 Å². The minimum absolute atomic E-state index is 0.706. The maximum absolute atomic E-state index is 6.04. The van der Waals surface area contributed by atoms with Crippen LogP contribution < -0.4 is 5.73 Å². The van der Waals surface area contributed by atoms with E-state index in [9.17, 15) is 0 Å². The predicted molar refractivity (Wildman–Crippen MR) is 86.9 cm³/mol. The third-order valence-corrected chi connectivity index (χ3v) is 5.66. The fourth-order valence-electron chi connectivity index (χ4n) is 4.40. The van der Waals surface area contributed by atoms with Crippen LogP contribution in [0.5, 0.6) is 0 Å². The van der Waals surface area contributed by atoms with Crippen molar-refractivity contribution in [2.45, 2.75) is 77.4 Å². The minimum Gasteiger partial charge on any atom is -0.330 e. The second kappa shape index (κ2) is 7.77. The van der Waals surface area contributed by atoms with E-state index < -0.39 is 0 Å². The van der Waals surface area contributed by atoms with E-state index in [1.165, 1.54) is 58.2 Å². The van der Waals surface area contributed by atoms with Crippen molar-refractivity contribution in [2.75, 3.05) is 26.2 Å². The molecule has 1 aliphatic carbocycles. The highest BCUT2D eigenvalue weighted by Crippen LogP contribution is 2.31. The molecular formula is C17H35N3. The summed E-state index contributed by atoms with van der Waals surface area (Å²) in [5.74, 6) is 0.742. The molecule has 2 rings (SSSR count). The highest BCUT2D eigenvalue weighted by Gasteiger charge is 2.34. The van der Waals surface area contributed by atoms with Gasteiger partial charge in [-0.3, -0.25) is 4.90 Å². The van der Waals surface area contributed by atoms with Crippen molar-refractivity contribution >= 4 is 0 Å². The lowest BCUT2D eigenvalue weighted by Gasteiger charge is -2.46. The van der Waals surface area contributed by atoms with Crippen molar-refractivity contribution in [3.63, 3.8) is 0 Å². The van der Waals surface area contributed by atoms with E-state index in [2.05, 4.69) is 30.6 Å². The normalized spacial score (nSPS) is 30.3. The second-order valence-corrected chi connectivity index (χ2v) is 7.04. The van der Waals surface area contributed by atoms with Crippen molar-refractivity contribution in [3.05, 3.63) is 0 Å². The van der Waals surface area contributed by atoms with Crippen LogP contribution in [0, 0.1) is 5.92 Å². The van der Waals surface area contributed by atoms with Gasteiger partial charge < -0.3 is 10.6 Å². The Morgan fingerprint density at radius 3 is 2.30 bits per heavy atom. The Morgan fingerprint density at radius 2 is 1.75 bits per heavy atom. The second-order valence-electron chi connectivity index (χ2n) is 7.04. The summed E-state index contributed by atoms with van der Waals surface area (Å²) in [5, 5.41) is 0. The summed E-state index contributed by atoms with van der Waals surface area (Å²) in [7, 11) is 0. The first-order valence-corrected chi connectivity index (χ1v) is 8.87. The van der Waals surface area contributed by atoms with Crippen molar-refractivity contribution in [1.82, 2.24) is 9.80 Å². The van der Waals surface area contributed by atoms with Gasteiger partial charge in [0.2, 0.25) is 0 Å². The van der Waals surface area contributed by atoms with Gasteiger partial charge in [-0.2, -0.15) is 0 Å². The molecule has 1 heterocycles. The highest BCUT2D eigenvalue weighted by molar-refractivity contribution is 4.89. The van der Waals surface area contributed by atoms with E-state index >= 15 is 0 Å². The third-order valence-electron chi connectivity index (χ3n) is 5.66. The molecule has 1 saturated carbocycles. The summed E-state index contributed by atoms with van der Waals surface area (Å²) in [6.45, 7) is 11.6. The van der Waals surface area contributed by atoms with Crippen molar-refractivity contribution in [1.29, 1.82) is 0 Å². The minimum atomic E-state index is 0.706. The number of likely N-dealkylation sites (tertiary alicyclic amines) is 1. The van der Waals surface area contributed by atoms with Gasteiger partial charge in [0.25, 0.3) is 0 Å². The first-order valence-electron chi connectivity index (χ1n) is 8.87. The number of rotatable bonds is 5. The van der Waals surface area contributed by atoms with Crippen LogP contribution in [0.15, 0.2) is 0 Å². The van der Waals surface area contributed by atoms with Gasteiger partial charge in [-0.25, -0.2) is 0 Å². The van der Waals surface area contributed by atoms with Gasteiger partial charge >= 0.3 is 0 Å². The number of hydrogen-bond acceptors (Lipinski definition) is 3. The monoisotopic (exact) mass is 281 g/mol. The Labute approximate surface area is 125 Å². The largest absolute Gasteiger partial charge is 0.330 e. The molecule has 1 aliphatic heterocycles. The average Bonchev–Trinajstić information content (AvgIpc) is 2.49. The molecule has 0 spiro atoms. The van der Waals surface area contributed by atoms with E-state index in [1.807, 2.05) is 0 Å². The third kappa shape index (κ3) is 3.75. The molecule has 3 heteroatoms. The topological polar surface area (TPSA) is 32.5 Å². The lowest BCUT2D eigenvalue weighted by molar-refractivity contribution is 0.0305. The van der Waals surface area contributed by atoms with Crippen LogP contribution in [-0.4, -0.2) is 54.1 Å². The number of nitrogens with zero attached hydrogens (tertiary/aromatic N) is 2. The Hall–Kier alpha value is -0.120. The summed E-state index contributed by atoms with van der Waals surface area (Å²) < 4.78 is 0. The maximum atomic E-state index is 6.04. The summed E-state index contributed by atoms with van der Waals surface area (Å²) in [5.41, 5.74) is 6.04. The fourth-order valence-corrected chi connectivity index (χ4v) is 4.40. The lowest BCUT2D eigenvalue weighted by Crippen LogP contribution is -2.53. The summed E-state index contributed by atoms with van der Waals surface area (Å²) in [4.78, 5) is 5.44. The van der Waals surface area contributed by atoms with Gasteiger partial charge in [0.1, 0.15) is 0 Å². The molecule has 0 aromatic carbocycles. The molecule has 0 amide bonds. The average molecular weight is 281 g/mol. The van der Waals surface area contributed by atoms with Crippen molar-refractivity contribution in [3.8, 4) is 0 Å². The van der Waals surface area contributed by atoms with Gasteiger partial charge in [-0.1, -0.05) is 19.8 Å². The molecule has 2 aliphatic rings. The summed E-state index contributed by atoms with van der Waals surface area (Å²) >= 11 is 0. The Kier molecular flexibility index (Phi) is 6.31. The molecule has 3 nitrogen and oxygen atoms in total. The van der Waals surface area contributed by atoms with E-state index in [-0.39, 0.29) is 0 Å². The lowest BCUT2D eigenvalue weighted by atomic mass is 9.82. The predicted octanol–water partition coefficient (Wildman–Crippen LogP) is 2.70. The Morgan fingerprint density at radius 1 is 1.10 bits per heavy atom. The number of piperidine rings is 1. The molecule has 1 saturated heterocycles. The fraction of sp³-hybridized carbons (Fsp3) is 1.00. The molecule has 2 atom stereocenters.